The molecule has 1 aromatic heterocycles. The molecule has 0 aliphatic rings. The van der Waals surface area contributed by atoms with E-state index in [9.17, 15) is 19.2 Å². The van der Waals surface area contributed by atoms with Gasteiger partial charge in [0.15, 0.2) is 6.61 Å². The smallest absolute Gasteiger partial charge is 0.329 e. The van der Waals surface area contributed by atoms with Crippen LogP contribution in [0.25, 0.3) is 0 Å². The number of anilines is 1. The number of hydrogen-bond acceptors (Lipinski definition) is 7. The van der Waals surface area contributed by atoms with E-state index < -0.39 is 36.3 Å². The molecule has 2 aromatic rings. The van der Waals surface area contributed by atoms with Crippen LogP contribution >= 0.6 is 46.3 Å². The van der Waals surface area contributed by atoms with Crippen molar-refractivity contribution in [2.24, 2.45) is 5.73 Å². The maximum absolute atomic E-state index is 12.5. The summed E-state index contributed by atoms with van der Waals surface area (Å²) in [6.07, 6.45) is 2.14. The molecule has 8 nitrogen and oxygen atoms in total. The number of amides is 3. The number of esters is 1. The Morgan fingerprint density at radius 3 is 2.58 bits per heavy atom. The minimum atomic E-state index is -0.984. The molecule has 0 unspecified atom stereocenters. The van der Waals surface area contributed by atoms with E-state index in [4.69, 9.17) is 33.7 Å². The van der Waals surface area contributed by atoms with Gasteiger partial charge in [0.1, 0.15) is 11.0 Å². The quantitative estimate of drug-likeness (QED) is 0.427. The highest BCUT2D eigenvalue weighted by Gasteiger charge is 2.24. The molecular formula is C19H19Cl2N3O5S2. The number of carbonyl (C=O) groups excluding carboxylic acids is 4. The molecule has 0 saturated heterocycles. The second-order valence-electron chi connectivity index (χ2n) is 6.12. The van der Waals surface area contributed by atoms with E-state index in [0.29, 0.717) is 10.8 Å². The number of nitrogens with one attached hydrogen (secondary N) is 2. The molecule has 0 spiro atoms. The highest BCUT2D eigenvalue weighted by atomic mass is 35.5. The van der Waals surface area contributed by atoms with E-state index in [0.717, 1.165) is 11.3 Å². The molecule has 31 heavy (non-hydrogen) atoms. The number of thiophene rings is 1. The number of nitrogens with two attached hydrogens (primary N) is 1. The number of rotatable bonds is 10. The summed E-state index contributed by atoms with van der Waals surface area (Å²) in [4.78, 5) is 48.4. The Morgan fingerprint density at radius 2 is 1.94 bits per heavy atom. The number of halogens is 2. The fraction of sp³-hybridized carbons (Fsp3) is 0.263. The van der Waals surface area contributed by atoms with Gasteiger partial charge in [0.25, 0.3) is 17.7 Å². The third-order valence-electron chi connectivity index (χ3n) is 3.91. The largest absolute Gasteiger partial charge is 0.454 e. The molecule has 0 aliphatic heterocycles. The number of benzene rings is 1. The first-order chi connectivity index (χ1) is 14.7. The van der Waals surface area contributed by atoms with Crippen LogP contribution < -0.4 is 16.4 Å². The average molecular weight is 504 g/mol. The first kappa shape index (κ1) is 25.0. The highest BCUT2D eigenvalue weighted by molar-refractivity contribution is 7.98. The van der Waals surface area contributed by atoms with E-state index in [1.54, 1.807) is 5.38 Å². The molecule has 3 amide bonds. The predicted octanol–water partition coefficient (Wildman–Crippen LogP) is 3.19. The minimum Gasteiger partial charge on any atom is -0.454 e. The summed E-state index contributed by atoms with van der Waals surface area (Å²) < 4.78 is 5.06. The second-order valence-corrected chi connectivity index (χ2v) is 8.86. The molecule has 0 saturated carbocycles. The first-order valence-electron chi connectivity index (χ1n) is 8.81. The second kappa shape index (κ2) is 11.9. The van der Waals surface area contributed by atoms with Crippen LogP contribution in [-0.2, 0) is 14.3 Å². The lowest BCUT2D eigenvalue weighted by atomic mass is 10.1. The van der Waals surface area contributed by atoms with Crippen LogP contribution in [0.4, 0.5) is 5.00 Å². The highest BCUT2D eigenvalue weighted by Crippen LogP contribution is 2.23. The van der Waals surface area contributed by atoms with Crippen molar-refractivity contribution in [1.29, 1.82) is 0 Å². The van der Waals surface area contributed by atoms with Gasteiger partial charge < -0.3 is 21.1 Å². The van der Waals surface area contributed by atoms with Crippen LogP contribution in [0.15, 0.2) is 29.6 Å². The van der Waals surface area contributed by atoms with Crippen LogP contribution in [0.1, 0.15) is 27.1 Å². The molecule has 1 heterocycles. The van der Waals surface area contributed by atoms with Crippen LogP contribution in [0.3, 0.4) is 0 Å². The number of carbonyl (C=O) groups is 4. The Kier molecular flexibility index (Phi) is 9.63. The van der Waals surface area contributed by atoms with E-state index in [-0.39, 0.29) is 27.6 Å². The van der Waals surface area contributed by atoms with E-state index >= 15 is 0 Å². The third-order valence-corrected chi connectivity index (χ3v) is 5.93. The molecule has 0 radical (unpaired) electrons. The van der Waals surface area contributed by atoms with Crippen molar-refractivity contribution in [2.45, 2.75) is 12.5 Å². The van der Waals surface area contributed by atoms with E-state index in [2.05, 4.69) is 10.6 Å². The lowest BCUT2D eigenvalue weighted by Gasteiger charge is -2.18. The van der Waals surface area contributed by atoms with Gasteiger partial charge in [-0.05, 0) is 48.1 Å². The maximum atomic E-state index is 12.5. The standard InChI is InChI=1S/C19H19Cl2N3O5S2/c1-30-6-5-14(23-17(27)11-3-2-10(20)8-13(11)21)19(28)29-9-15(25)24-18-12(16(22)26)4-7-31-18/h2-4,7-8,14H,5-6,9H2,1H3,(H2,22,26)(H,23,27)(H,24,25)/t14-/m1/s1. The predicted molar refractivity (Wildman–Crippen MR) is 123 cm³/mol. The minimum absolute atomic E-state index is 0.141. The topological polar surface area (TPSA) is 128 Å². The summed E-state index contributed by atoms with van der Waals surface area (Å²) in [5.74, 6) is -2.11. The van der Waals surface area contributed by atoms with E-state index in [1.165, 1.54) is 36.0 Å². The molecule has 0 bridgehead atoms. The number of hydrogen-bond donors (Lipinski definition) is 3. The zero-order valence-corrected chi connectivity index (χ0v) is 19.4. The number of primary amides is 1. The van der Waals surface area contributed by atoms with Gasteiger partial charge in [-0.3, -0.25) is 14.4 Å². The van der Waals surface area contributed by atoms with Crippen molar-refractivity contribution >= 4 is 75.0 Å². The third kappa shape index (κ3) is 7.42. The van der Waals surface area contributed by atoms with Gasteiger partial charge >= 0.3 is 5.97 Å². The van der Waals surface area contributed by atoms with Gasteiger partial charge in [-0.15, -0.1) is 11.3 Å². The molecule has 2 rings (SSSR count). The van der Waals surface area contributed by atoms with Gasteiger partial charge in [-0.2, -0.15) is 11.8 Å². The Morgan fingerprint density at radius 1 is 1.19 bits per heavy atom. The summed E-state index contributed by atoms with van der Waals surface area (Å²) in [5.41, 5.74) is 5.55. The molecule has 1 aromatic carbocycles. The Bertz CT molecular complexity index is 983. The summed E-state index contributed by atoms with van der Waals surface area (Å²) in [6, 6.07) is 4.86. The molecule has 12 heteroatoms. The summed E-state index contributed by atoms with van der Waals surface area (Å²) >= 11 is 14.5. The molecule has 166 valence electrons. The Labute approximate surface area is 196 Å². The molecule has 0 fully saturated rings. The van der Waals surface area contributed by atoms with Crippen molar-refractivity contribution in [3.63, 3.8) is 0 Å². The van der Waals surface area contributed by atoms with Crippen molar-refractivity contribution in [3.05, 3.63) is 50.8 Å². The summed E-state index contributed by atoms with van der Waals surface area (Å²) in [5, 5.41) is 7.41. The van der Waals surface area contributed by atoms with Gasteiger partial charge in [-0.25, -0.2) is 4.79 Å². The normalized spacial score (nSPS) is 11.5. The number of thioether (sulfide) groups is 1. The van der Waals surface area contributed by atoms with Crippen molar-refractivity contribution in [2.75, 3.05) is 23.9 Å². The summed E-state index contributed by atoms with van der Waals surface area (Å²) in [7, 11) is 0. The molecule has 0 aliphatic carbocycles. The monoisotopic (exact) mass is 503 g/mol. The fourth-order valence-electron chi connectivity index (χ4n) is 2.39. The van der Waals surface area contributed by atoms with Crippen LogP contribution in [0.2, 0.25) is 10.0 Å². The fourth-order valence-corrected chi connectivity index (χ4v) is 4.17. The van der Waals surface area contributed by atoms with Crippen LogP contribution in [-0.4, -0.2) is 48.3 Å². The van der Waals surface area contributed by atoms with Crippen molar-refractivity contribution in [1.82, 2.24) is 5.32 Å². The molecule has 4 N–H and O–H groups in total. The Hall–Kier alpha value is -2.27. The van der Waals surface area contributed by atoms with Gasteiger partial charge in [-0.1, -0.05) is 23.2 Å². The summed E-state index contributed by atoms with van der Waals surface area (Å²) in [6.45, 7) is -0.595. The maximum Gasteiger partial charge on any atom is 0.329 e. The van der Waals surface area contributed by atoms with Gasteiger partial charge in [0, 0.05) is 5.02 Å². The van der Waals surface area contributed by atoms with E-state index in [1.807, 2.05) is 6.26 Å². The average Bonchev–Trinajstić information content (AvgIpc) is 3.17. The lowest BCUT2D eigenvalue weighted by Crippen LogP contribution is -2.43. The van der Waals surface area contributed by atoms with Gasteiger partial charge in [0.2, 0.25) is 0 Å². The SMILES string of the molecule is CSCC[C@@H](NC(=O)c1ccc(Cl)cc1Cl)C(=O)OCC(=O)Nc1sccc1C(N)=O. The number of ether oxygens (including phenoxy) is 1. The van der Waals surface area contributed by atoms with Gasteiger partial charge in [0.05, 0.1) is 16.1 Å². The lowest BCUT2D eigenvalue weighted by molar-refractivity contribution is -0.149. The Balaban J connectivity index is 1.98. The zero-order valence-electron chi connectivity index (χ0n) is 16.3. The first-order valence-corrected chi connectivity index (χ1v) is 11.8. The zero-order chi connectivity index (χ0) is 23.0. The van der Waals surface area contributed by atoms with Crippen LogP contribution in [0, 0.1) is 0 Å². The molecule has 1 atom stereocenters. The van der Waals surface area contributed by atoms with Crippen molar-refractivity contribution in [3.8, 4) is 0 Å². The molecular weight excluding hydrogens is 485 g/mol. The van der Waals surface area contributed by atoms with Crippen LogP contribution in [0.5, 0.6) is 0 Å². The van der Waals surface area contributed by atoms with Crippen molar-refractivity contribution < 1.29 is 23.9 Å².